The summed E-state index contributed by atoms with van der Waals surface area (Å²) in [5, 5.41) is 11.7. The third kappa shape index (κ3) is 4.49. The second-order valence-electron chi connectivity index (χ2n) is 6.61. The Kier molecular flexibility index (Phi) is 7.17. The largest absolute Gasteiger partial charge is 0.491 e. The monoisotopic (exact) mass is 385 g/mol. The topological polar surface area (TPSA) is 51.5 Å². The molecule has 2 aromatic rings. The van der Waals surface area contributed by atoms with Gasteiger partial charge >= 0.3 is 0 Å². The SMILES string of the molecule is CCCCCOc1c(CO)n(CC(C)C)c(=O)c2cc(Cl)c(Cl)cc12. The average Bonchev–Trinajstić information content (AvgIpc) is 2.56. The molecule has 6 heteroatoms. The lowest BCUT2D eigenvalue weighted by molar-refractivity contribution is 0.245. The van der Waals surface area contributed by atoms with E-state index in [9.17, 15) is 9.90 Å². The van der Waals surface area contributed by atoms with Crippen molar-refractivity contribution in [1.29, 1.82) is 0 Å². The van der Waals surface area contributed by atoms with Crippen LogP contribution in [0.5, 0.6) is 5.75 Å². The predicted octanol–water partition coefficient (Wildman–Crippen LogP) is 5.03. The molecule has 0 aliphatic heterocycles. The summed E-state index contributed by atoms with van der Waals surface area (Å²) >= 11 is 12.3. The van der Waals surface area contributed by atoms with Gasteiger partial charge < -0.3 is 14.4 Å². The first-order valence-electron chi connectivity index (χ1n) is 8.68. The average molecular weight is 386 g/mol. The second kappa shape index (κ2) is 8.93. The summed E-state index contributed by atoms with van der Waals surface area (Å²) < 4.78 is 7.58. The first-order chi connectivity index (χ1) is 11.9. The molecule has 0 saturated carbocycles. The summed E-state index contributed by atoms with van der Waals surface area (Å²) in [6.45, 7) is 6.91. The van der Waals surface area contributed by atoms with Crippen LogP contribution in [0.15, 0.2) is 16.9 Å². The molecule has 25 heavy (non-hydrogen) atoms. The van der Waals surface area contributed by atoms with Gasteiger partial charge in [-0.25, -0.2) is 0 Å². The summed E-state index contributed by atoms with van der Waals surface area (Å²) in [4.78, 5) is 12.9. The first-order valence-corrected chi connectivity index (χ1v) is 9.44. The Hall–Kier alpha value is -1.23. The fourth-order valence-corrected chi connectivity index (χ4v) is 3.19. The van der Waals surface area contributed by atoms with Gasteiger partial charge in [0.05, 0.1) is 34.3 Å². The highest BCUT2D eigenvalue weighted by atomic mass is 35.5. The number of aromatic nitrogens is 1. The van der Waals surface area contributed by atoms with Gasteiger partial charge in [-0.15, -0.1) is 0 Å². The maximum absolute atomic E-state index is 12.9. The van der Waals surface area contributed by atoms with Crippen LogP contribution in [0, 0.1) is 5.92 Å². The number of aliphatic hydroxyl groups excluding tert-OH is 1. The van der Waals surface area contributed by atoms with Crippen LogP contribution in [0.2, 0.25) is 10.0 Å². The lowest BCUT2D eigenvalue weighted by Crippen LogP contribution is -2.27. The Labute approximate surface area is 158 Å². The summed E-state index contributed by atoms with van der Waals surface area (Å²) in [7, 11) is 0. The third-order valence-corrected chi connectivity index (χ3v) is 4.78. The van der Waals surface area contributed by atoms with Crippen LogP contribution in [0.1, 0.15) is 45.7 Å². The molecule has 0 aliphatic rings. The molecule has 1 aromatic heterocycles. The number of hydrogen-bond acceptors (Lipinski definition) is 3. The Morgan fingerprint density at radius 1 is 1.16 bits per heavy atom. The van der Waals surface area contributed by atoms with E-state index in [1.807, 2.05) is 13.8 Å². The molecule has 1 heterocycles. The Morgan fingerprint density at radius 2 is 1.80 bits per heavy atom. The molecule has 0 atom stereocenters. The molecule has 0 radical (unpaired) electrons. The number of fused-ring (bicyclic) bond motifs is 1. The van der Waals surface area contributed by atoms with Crippen molar-refractivity contribution in [3.8, 4) is 5.75 Å². The van der Waals surface area contributed by atoms with Crippen molar-refractivity contribution in [3.63, 3.8) is 0 Å². The minimum atomic E-state index is -0.277. The van der Waals surface area contributed by atoms with Crippen LogP contribution in [0.4, 0.5) is 0 Å². The van der Waals surface area contributed by atoms with Gasteiger partial charge in [0.15, 0.2) is 0 Å². The van der Waals surface area contributed by atoms with Crippen molar-refractivity contribution in [3.05, 3.63) is 38.2 Å². The van der Waals surface area contributed by atoms with Crippen molar-refractivity contribution in [2.75, 3.05) is 6.61 Å². The fraction of sp³-hybridized carbons (Fsp3) is 0.526. The number of nitrogens with zero attached hydrogens (tertiary/aromatic N) is 1. The zero-order valence-corrected chi connectivity index (χ0v) is 16.5. The molecular formula is C19H25Cl2NO3. The third-order valence-electron chi connectivity index (χ3n) is 4.06. The molecule has 2 rings (SSSR count). The minimum Gasteiger partial charge on any atom is -0.491 e. The molecule has 4 nitrogen and oxygen atoms in total. The fourth-order valence-electron chi connectivity index (χ4n) is 2.86. The molecular weight excluding hydrogens is 361 g/mol. The molecule has 0 amide bonds. The van der Waals surface area contributed by atoms with Crippen LogP contribution in [0.3, 0.4) is 0 Å². The molecule has 0 aliphatic carbocycles. The summed E-state index contributed by atoms with van der Waals surface area (Å²) in [6, 6.07) is 3.23. The zero-order valence-electron chi connectivity index (χ0n) is 14.9. The van der Waals surface area contributed by atoms with E-state index in [0.717, 1.165) is 19.3 Å². The van der Waals surface area contributed by atoms with Gasteiger partial charge in [-0.2, -0.15) is 0 Å². The van der Waals surface area contributed by atoms with Crippen LogP contribution >= 0.6 is 23.2 Å². The van der Waals surface area contributed by atoms with E-state index in [1.165, 1.54) is 0 Å². The van der Waals surface area contributed by atoms with Crippen molar-refractivity contribution in [1.82, 2.24) is 4.57 Å². The highest BCUT2D eigenvalue weighted by Crippen LogP contribution is 2.34. The van der Waals surface area contributed by atoms with E-state index in [1.54, 1.807) is 16.7 Å². The van der Waals surface area contributed by atoms with E-state index in [4.69, 9.17) is 27.9 Å². The molecule has 1 aromatic carbocycles. The van der Waals surface area contributed by atoms with Gasteiger partial charge in [0, 0.05) is 11.9 Å². The normalized spacial score (nSPS) is 11.5. The van der Waals surface area contributed by atoms with Gasteiger partial charge in [-0.1, -0.05) is 56.8 Å². The maximum atomic E-state index is 12.9. The van der Waals surface area contributed by atoms with E-state index in [-0.39, 0.29) is 18.1 Å². The van der Waals surface area contributed by atoms with Crippen molar-refractivity contribution in [2.45, 2.75) is 53.2 Å². The summed E-state index contributed by atoms with van der Waals surface area (Å²) in [5.74, 6) is 0.767. The van der Waals surface area contributed by atoms with E-state index in [0.29, 0.717) is 45.4 Å². The molecule has 0 spiro atoms. The van der Waals surface area contributed by atoms with E-state index < -0.39 is 0 Å². The number of benzene rings is 1. The van der Waals surface area contributed by atoms with Crippen LogP contribution in [-0.4, -0.2) is 16.3 Å². The van der Waals surface area contributed by atoms with E-state index in [2.05, 4.69) is 6.92 Å². The van der Waals surface area contributed by atoms with Gasteiger partial charge in [0.25, 0.3) is 5.56 Å². The standard InChI is InChI=1S/C19H25Cl2NO3/c1-4-5-6-7-25-18-13-8-15(20)16(21)9-14(13)19(24)22(10-12(2)3)17(18)11-23/h8-9,12,23H,4-7,10-11H2,1-3H3. The Bertz CT molecular complexity index is 800. The molecule has 138 valence electrons. The highest BCUT2D eigenvalue weighted by Gasteiger charge is 2.19. The number of unbranched alkanes of at least 4 members (excludes halogenated alkanes) is 2. The van der Waals surface area contributed by atoms with Gasteiger partial charge in [-0.3, -0.25) is 4.79 Å². The predicted molar refractivity (Wildman–Crippen MR) is 104 cm³/mol. The number of aliphatic hydroxyl groups is 1. The molecule has 1 N–H and O–H groups in total. The molecule has 0 fully saturated rings. The summed E-state index contributed by atoms with van der Waals surface area (Å²) in [6.07, 6.45) is 3.06. The number of rotatable bonds is 8. The maximum Gasteiger partial charge on any atom is 0.259 e. The lowest BCUT2D eigenvalue weighted by atomic mass is 10.1. The van der Waals surface area contributed by atoms with Crippen molar-refractivity contribution >= 4 is 34.0 Å². The quantitative estimate of drug-likeness (QED) is 0.648. The highest BCUT2D eigenvalue weighted by molar-refractivity contribution is 6.42. The van der Waals surface area contributed by atoms with Gasteiger partial charge in [-0.05, 0) is 24.5 Å². The van der Waals surface area contributed by atoms with Crippen LogP contribution < -0.4 is 10.3 Å². The second-order valence-corrected chi connectivity index (χ2v) is 7.43. The molecule has 0 saturated heterocycles. The zero-order chi connectivity index (χ0) is 18.6. The first kappa shape index (κ1) is 20.1. The minimum absolute atomic E-state index is 0.188. The number of halogens is 2. The van der Waals surface area contributed by atoms with Crippen LogP contribution in [-0.2, 0) is 13.2 Å². The Morgan fingerprint density at radius 3 is 2.36 bits per heavy atom. The van der Waals surface area contributed by atoms with Gasteiger partial charge in [0.1, 0.15) is 5.75 Å². The smallest absolute Gasteiger partial charge is 0.259 e. The summed E-state index contributed by atoms with van der Waals surface area (Å²) in [5.41, 5.74) is 0.299. The van der Waals surface area contributed by atoms with Gasteiger partial charge in [0.2, 0.25) is 0 Å². The lowest BCUT2D eigenvalue weighted by Gasteiger charge is -2.20. The molecule has 0 bridgehead atoms. The molecule has 0 unspecified atom stereocenters. The number of pyridine rings is 1. The number of ether oxygens (including phenoxy) is 1. The van der Waals surface area contributed by atoms with Crippen LogP contribution in [0.25, 0.3) is 10.8 Å². The van der Waals surface area contributed by atoms with Crippen molar-refractivity contribution < 1.29 is 9.84 Å². The Balaban J connectivity index is 2.68. The van der Waals surface area contributed by atoms with E-state index >= 15 is 0 Å². The number of hydrogen-bond donors (Lipinski definition) is 1. The van der Waals surface area contributed by atoms with Crippen molar-refractivity contribution in [2.24, 2.45) is 5.92 Å².